The molecule has 2 amide bonds. The molecule has 0 saturated heterocycles. The summed E-state index contributed by atoms with van der Waals surface area (Å²) in [6, 6.07) is 16.8. The Hall–Kier alpha value is -2.40. The topological polar surface area (TPSA) is 67.1 Å². The lowest BCUT2D eigenvalue weighted by Crippen LogP contribution is -2.48. The third kappa shape index (κ3) is 5.30. The molecule has 1 atom stereocenters. The first kappa shape index (κ1) is 18.4. The highest BCUT2D eigenvalue weighted by atomic mass is 19.1. The summed E-state index contributed by atoms with van der Waals surface area (Å²) >= 11 is 0. The second-order valence-electron chi connectivity index (χ2n) is 7.06. The van der Waals surface area contributed by atoms with Crippen molar-refractivity contribution in [2.75, 3.05) is 6.54 Å². The van der Waals surface area contributed by atoms with Gasteiger partial charge in [0.15, 0.2) is 0 Å². The average molecular weight is 355 g/mol. The maximum atomic E-state index is 13.2. The van der Waals surface area contributed by atoms with Gasteiger partial charge < -0.3 is 16.4 Å². The van der Waals surface area contributed by atoms with Crippen LogP contribution >= 0.6 is 0 Å². The Morgan fingerprint density at radius 2 is 1.92 bits per heavy atom. The first-order valence-corrected chi connectivity index (χ1v) is 9.19. The van der Waals surface area contributed by atoms with Crippen LogP contribution in [0.5, 0.6) is 0 Å². The first-order chi connectivity index (χ1) is 12.6. The molecule has 1 aliphatic rings. The van der Waals surface area contributed by atoms with E-state index >= 15 is 0 Å². The number of rotatable bonds is 7. The number of nitrogens with two attached hydrogens (primary N) is 1. The maximum Gasteiger partial charge on any atom is 0.315 e. The number of urea groups is 1. The van der Waals surface area contributed by atoms with Gasteiger partial charge in [-0.25, -0.2) is 9.18 Å². The zero-order valence-corrected chi connectivity index (χ0v) is 14.8. The monoisotopic (exact) mass is 355 g/mol. The number of hydrogen-bond donors (Lipinski definition) is 3. The molecule has 0 aliphatic heterocycles. The highest BCUT2D eigenvalue weighted by Crippen LogP contribution is 2.36. The number of hydrogen-bond acceptors (Lipinski definition) is 2. The summed E-state index contributed by atoms with van der Waals surface area (Å²) < 4.78 is 13.2. The fraction of sp³-hybridized carbons (Fsp3) is 0.381. The lowest BCUT2D eigenvalue weighted by molar-refractivity contribution is 0.222. The average Bonchev–Trinajstić information content (AvgIpc) is 2.58. The molecule has 2 aromatic carbocycles. The van der Waals surface area contributed by atoms with Crippen LogP contribution in [-0.2, 0) is 6.42 Å². The lowest BCUT2D eigenvalue weighted by atomic mass is 9.76. The minimum Gasteiger partial charge on any atom is -0.338 e. The van der Waals surface area contributed by atoms with Crippen molar-refractivity contribution in [1.29, 1.82) is 0 Å². The van der Waals surface area contributed by atoms with E-state index in [2.05, 4.69) is 22.8 Å². The van der Waals surface area contributed by atoms with Crippen LogP contribution in [0.25, 0.3) is 0 Å². The van der Waals surface area contributed by atoms with E-state index in [4.69, 9.17) is 5.73 Å². The van der Waals surface area contributed by atoms with Crippen molar-refractivity contribution in [2.24, 2.45) is 5.73 Å². The zero-order valence-electron chi connectivity index (χ0n) is 14.8. The van der Waals surface area contributed by atoms with E-state index < -0.39 is 0 Å². The van der Waals surface area contributed by atoms with Gasteiger partial charge in [-0.2, -0.15) is 0 Å². The van der Waals surface area contributed by atoms with E-state index in [-0.39, 0.29) is 23.9 Å². The predicted molar refractivity (Wildman–Crippen MR) is 101 cm³/mol. The van der Waals surface area contributed by atoms with Gasteiger partial charge >= 0.3 is 6.03 Å². The quantitative estimate of drug-likeness (QED) is 0.713. The number of benzene rings is 2. The standard InChI is InChI=1S/C21H26FN3O/c22-18-8-4-7-16(12-18)17-13-20(14-17)25-21(26)24-10-9-19(23)11-15-5-2-1-3-6-15/h1-8,12,17,19-20H,9-11,13-14,23H2,(H2,24,25,26). The summed E-state index contributed by atoms with van der Waals surface area (Å²) in [5.74, 6) is 0.124. The highest BCUT2D eigenvalue weighted by Gasteiger charge is 2.31. The van der Waals surface area contributed by atoms with Gasteiger partial charge in [0.05, 0.1) is 0 Å². The van der Waals surface area contributed by atoms with Crippen LogP contribution in [0, 0.1) is 5.82 Å². The second-order valence-corrected chi connectivity index (χ2v) is 7.06. The Labute approximate surface area is 154 Å². The van der Waals surface area contributed by atoms with E-state index in [1.807, 2.05) is 24.3 Å². The normalized spacial score (nSPS) is 20.1. The summed E-state index contributed by atoms with van der Waals surface area (Å²) in [6.07, 6.45) is 3.25. The van der Waals surface area contributed by atoms with Gasteiger partial charge in [-0.1, -0.05) is 42.5 Å². The molecule has 1 fully saturated rings. The molecule has 2 aromatic rings. The Morgan fingerprint density at radius 1 is 1.15 bits per heavy atom. The Bertz CT molecular complexity index is 716. The molecule has 4 nitrogen and oxygen atoms in total. The molecule has 1 unspecified atom stereocenters. The van der Waals surface area contributed by atoms with Crippen LogP contribution in [0.1, 0.15) is 36.3 Å². The molecule has 3 rings (SSSR count). The smallest absolute Gasteiger partial charge is 0.315 e. The number of amides is 2. The maximum absolute atomic E-state index is 13.2. The molecule has 0 heterocycles. The van der Waals surface area contributed by atoms with Gasteiger partial charge in [0.25, 0.3) is 0 Å². The van der Waals surface area contributed by atoms with Crippen molar-refractivity contribution < 1.29 is 9.18 Å². The number of carbonyl (C=O) groups is 1. The van der Waals surface area contributed by atoms with E-state index in [0.717, 1.165) is 31.2 Å². The van der Waals surface area contributed by atoms with Crippen LogP contribution < -0.4 is 16.4 Å². The molecule has 0 spiro atoms. The molecule has 0 aromatic heterocycles. The summed E-state index contributed by atoms with van der Waals surface area (Å²) in [5.41, 5.74) is 8.34. The van der Waals surface area contributed by atoms with Gasteiger partial charge in [0.1, 0.15) is 5.82 Å². The Balaban J connectivity index is 1.30. The predicted octanol–water partition coefficient (Wildman–Crippen LogP) is 3.33. The molecule has 26 heavy (non-hydrogen) atoms. The molecule has 0 radical (unpaired) electrons. The summed E-state index contributed by atoms with van der Waals surface area (Å²) in [5, 5.41) is 5.84. The van der Waals surface area contributed by atoms with Crippen molar-refractivity contribution in [3.8, 4) is 0 Å². The molecule has 4 N–H and O–H groups in total. The fourth-order valence-electron chi connectivity index (χ4n) is 3.39. The van der Waals surface area contributed by atoms with E-state index in [1.165, 1.54) is 11.6 Å². The van der Waals surface area contributed by atoms with Crippen LogP contribution in [-0.4, -0.2) is 24.7 Å². The van der Waals surface area contributed by atoms with Gasteiger partial charge in [-0.05, 0) is 54.9 Å². The third-order valence-corrected chi connectivity index (χ3v) is 4.93. The van der Waals surface area contributed by atoms with E-state index in [1.54, 1.807) is 12.1 Å². The Morgan fingerprint density at radius 3 is 2.65 bits per heavy atom. The summed E-state index contributed by atoms with van der Waals surface area (Å²) in [7, 11) is 0. The van der Waals surface area contributed by atoms with Crippen molar-refractivity contribution in [2.45, 2.75) is 43.7 Å². The largest absolute Gasteiger partial charge is 0.338 e. The minimum atomic E-state index is -0.205. The molecular formula is C21H26FN3O. The van der Waals surface area contributed by atoms with Crippen molar-refractivity contribution in [3.05, 3.63) is 71.5 Å². The third-order valence-electron chi connectivity index (χ3n) is 4.93. The van der Waals surface area contributed by atoms with E-state index in [0.29, 0.717) is 12.5 Å². The number of nitrogens with one attached hydrogen (secondary N) is 2. The van der Waals surface area contributed by atoms with Gasteiger partial charge in [0.2, 0.25) is 0 Å². The van der Waals surface area contributed by atoms with Crippen LogP contribution in [0.2, 0.25) is 0 Å². The SMILES string of the molecule is NC(CCNC(=O)NC1CC(c2cccc(F)c2)C1)Cc1ccccc1. The summed E-state index contributed by atoms with van der Waals surface area (Å²) in [4.78, 5) is 12.0. The molecule has 5 heteroatoms. The Kier molecular flexibility index (Phi) is 6.23. The zero-order chi connectivity index (χ0) is 18.4. The molecular weight excluding hydrogens is 329 g/mol. The lowest BCUT2D eigenvalue weighted by Gasteiger charge is -2.36. The second kappa shape index (κ2) is 8.81. The number of carbonyl (C=O) groups excluding carboxylic acids is 1. The first-order valence-electron chi connectivity index (χ1n) is 9.19. The van der Waals surface area contributed by atoms with Crippen LogP contribution in [0.3, 0.4) is 0 Å². The molecule has 0 bridgehead atoms. The van der Waals surface area contributed by atoms with Crippen molar-refractivity contribution >= 4 is 6.03 Å². The summed E-state index contributed by atoms with van der Waals surface area (Å²) in [6.45, 7) is 0.555. The molecule has 1 saturated carbocycles. The minimum absolute atomic E-state index is 0.0266. The van der Waals surface area contributed by atoms with Crippen LogP contribution in [0.15, 0.2) is 54.6 Å². The van der Waals surface area contributed by atoms with Crippen molar-refractivity contribution in [3.63, 3.8) is 0 Å². The van der Waals surface area contributed by atoms with Crippen molar-refractivity contribution in [1.82, 2.24) is 10.6 Å². The van der Waals surface area contributed by atoms with Gasteiger partial charge in [0, 0.05) is 18.6 Å². The van der Waals surface area contributed by atoms with Crippen LogP contribution in [0.4, 0.5) is 9.18 Å². The van der Waals surface area contributed by atoms with E-state index in [9.17, 15) is 9.18 Å². The highest BCUT2D eigenvalue weighted by molar-refractivity contribution is 5.74. The molecule has 1 aliphatic carbocycles. The van der Waals surface area contributed by atoms with Gasteiger partial charge in [-0.3, -0.25) is 0 Å². The fourth-order valence-corrected chi connectivity index (χ4v) is 3.39. The van der Waals surface area contributed by atoms with Gasteiger partial charge in [-0.15, -0.1) is 0 Å². The molecule has 138 valence electrons. The number of halogens is 1.